The summed E-state index contributed by atoms with van der Waals surface area (Å²) in [5.74, 6) is 0.496. The number of nitrogens with zero attached hydrogens (tertiary/aromatic N) is 4. The van der Waals surface area contributed by atoms with Crippen molar-refractivity contribution in [3.8, 4) is 17.2 Å². The summed E-state index contributed by atoms with van der Waals surface area (Å²) in [7, 11) is 5.76. The predicted octanol–water partition coefficient (Wildman–Crippen LogP) is 2.02. The number of aromatic nitrogens is 4. The van der Waals surface area contributed by atoms with Crippen LogP contribution < -0.4 is 19.5 Å². The van der Waals surface area contributed by atoms with Crippen LogP contribution in [0.15, 0.2) is 53.7 Å². The van der Waals surface area contributed by atoms with Crippen molar-refractivity contribution in [1.82, 2.24) is 20.2 Å². The summed E-state index contributed by atoms with van der Waals surface area (Å²) >= 11 is 0. The Bertz CT molecular complexity index is 1230. The molecule has 11 heteroatoms. The molecular formula is C22H21N5O6. The molecule has 1 aliphatic rings. The van der Waals surface area contributed by atoms with Crippen molar-refractivity contribution in [3.05, 3.63) is 64.9 Å². The van der Waals surface area contributed by atoms with Crippen LogP contribution in [0.1, 0.15) is 22.0 Å². The Labute approximate surface area is 188 Å². The van der Waals surface area contributed by atoms with Crippen LogP contribution in [0.5, 0.6) is 17.2 Å². The number of ether oxygens (including phenoxy) is 4. The summed E-state index contributed by atoms with van der Waals surface area (Å²) in [6.07, 6.45) is 0. The molecule has 11 nitrogen and oxygen atoms in total. The van der Waals surface area contributed by atoms with Gasteiger partial charge in [0, 0.05) is 5.56 Å². The van der Waals surface area contributed by atoms with Crippen molar-refractivity contribution < 1.29 is 28.5 Å². The van der Waals surface area contributed by atoms with E-state index in [4.69, 9.17) is 18.9 Å². The maximum Gasteiger partial charge on any atom is 0.355 e. The van der Waals surface area contributed by atoms with Gasteiger partial charge in [-0.25, -0.2) is 4.79 Å². The van der Waals surface area contributed by atoms with Gasteiger partial charge in [-0.2, -0.15) is 4.68 Å². The van der Waals surface area contributed by atoms with Gasteiger partial charge < -0.3 is 24.3 Å². The van der Waals surface area contributed by atoms with Crippen LogP contribution in [0.4, 0.5) is 5.95 Å². The van der Waals surface area contributed by atoms with Crippen molar-refractivity contribution in [2.75, 3.05) is 33.8 Å². The molecule has 0 spiro atoms. The van der Waals surface area contributed by atoms with Crippen molar-refractivity contribution in [3.63, 3.8) is 0 Å². The van der Waals surface area contributed by atoms with Gasteiger partial charge in [0.15, 0.2) is 17.3 Å². The molecule has 0 bridgehead atoms. The summed E-state index contributed by atoms with van der Waals surface area (Å²) in [6.45, 7) is 0. The number of esters is 1. The zero-order valence-electron chi connectivity index (χ0n) is 18.4. The first kappa shape index (κ1) is 21.8. The number of methoxy groups -OCH3 is 4. The van der Waals surface area contributed by atoms with Crippen LogP contribution in [0.3, 0.4) is 0 Å². The molecule has 2 heterocycles. The molecule has 1 N–H and O–H groups in total. The Hall–Kier alpha value is -4.41. The zero-order valence-corrected chi connectivity index (χ0v) is 18.4. The Morgan fingerprint density at radius 1 is 0.939 bits per heavy atom. The van der Waals surface area contributed by atoms with Crippen LogP contribution in [0.2, 0.25) is 0 Å². The van der Waals surface area contributed by atoms with Crippen molar-refractivity contribution in [2.45, 2.75) is 6.04 Å². The lowest BCUT2D eigenvalue weighted by molar-refractivity contribution is -0.136. The van der Waals surface area contributed by atoms with Crippen molar-refractivity contribution in [1.29, 1.82) is 0 Å². The quantitative estimate of drug-likeness (QED) is 0.421. The van der Waals surface area contributed by atoms with Crippen molar-refractivity contribution >= 4 is 17.7 Å². The highest BCUT2D eigenvalue weighted by atomic mass is 16.5. The minimum Gasteiger partial charge on any atom is -0.497 e. The molecule has 3 aromatic rings. The number of carbonyl (C=O) groups is 2. The Balaban J connectivity index is 1.91. The largest absolute Gasteiger partial charge is 0.497 e. The molecule has 0 aliphatic carbocycles. The van der Waals surface area contributed by atoms with E-state index < -0.39 is 17.8 Å². The predicted molar refractivity (Wildman–Crippen MR) is 115 cm³/mol. The van der Waals surface area contributed by atoms with E-state index in [0.29, 0.717) is 22.8 Å². The minimum absolute atomic E-state index is 0.0552. The fourth-order valence-corrected chi connectivity index (χ4v) is 3.62. The second-order valence-corrected chi connectivity index (χ2v) is 6.93. The molecule has 0 radical (unpaired) electrons. The van der Waals surface area contributed by atoms with Crippen LogP contribution in [-0.4, -0.2) is 60.4 Å². The lowest BCUT2D eigenvalue weighted by Crippen LogP contribution is -2.33. The van der Waals surface area contributed by atoms with E-state index in [1.165, 1.54) is 26.0 Å². The van der Waals surface area contributed by atoms with Gasteiger partial charge in [-0.05, 0) is 46.3 Å². The van der Waals surface area contributed by atoms with E-state index in [0.717, 1.165) is 0 Å². The zero-order chi connectivity index (χ0) is 23.5. The maximum atomic E-state index is 13.8. The normalized spacial score (nSPS) is 14.7. The highest BCUT2D eigenvalue weighted by Gasteiger charge is 2.38. The first-order valence-electron chi connectivity index (χ1n) is 9.80. The fraction of sp³-hybridized carbons (Fsp3) is 0.227. The molecule has 1 atom stereocenters. The SMILES string of the molecule is COC(=O)C1=C(C(=O)c2ccc(OC)c(OC)c2)[C@H](c2ccc(OC)cc2)n2nnnc2N1. The monoisotopic (exact) mass is 451 g/mol. The smallest absolute Gasteiger partial charge is 0.355 e. The topological polar surface area (TPSA) is 127 Å². The second kappa shape index (κ2) is 8.99. The first-order chi connectivity index (χ1) is 16.0. The molecule has 2 aromatic carbocycles. The van der Waals surface area contributed by atoms with E-state index in [-0.39, 0.29) is 22.8 Å². The molecule has 1 aromatic heterocycles. The summed E-state index contributed by atoms with van der Waals surface area (Å²) in [5, 5.41) is 14.5. The number of ketones is 1. The third kappa shape index (κ3) is 3.84. The maximum absolute atomic E-state index is 13.8. The van der Waals surface area contributed by atoms with Crippen LogP contribution >= 0.6 is 0 Å². The summed E-state index contributed by atoms with van der Waals surface area (Å²) in [4.78, 5) is 26.5. The first-order valence-corrected chi connectivity index (χ1v) is 9.80. The van der Waals surface area contributed by atoms with Gasteiger partial charge in [-0.1, -0.05) is 17.2 Å². The highest BCUT2D eigenvalue weighted by molar-refractivity contribution is 6.15. The molecule has 0 saturated heterocycles. The number of hydrogen-bond acceptors (Lipinski definition) is 10. The number of Topliss-reactive ketones (excluding diaryl/α,β-unsaturated/α-hetero) is 1. The number of carbonyl (C=O) groups excluding carboxylic acids is 2. The van der Waals surface area contributed by atoms with E-state index in [2.05, 4.69) is 20.8 Å². The molecular weight excluding hydrogens is 430 g/mol. The minimum atomic E-state index is -0.808. The van der Waals surface area contributed by atoms with Crippen LogP contribution in [-0.2, 0) is 9.53 Å². The van der Waals surface area contributed by atoms with Gasteiger partial charge in [0.25, 0.3) is 0 Å². The summed E-state index contributed by atoms with van der Waals surface area (Å²) < 4.78 is 22.2. The van der Waals surface area contributed by atoms with Gasteiger partial charge in [0.05, 0.1) is 34.0 Å². The number of allylic oxidation sites excluding steroid dienone is 1. The molecule has 4 rings (SSSR count). The van der Waals surface area contributed by atoms with E-state index in [9.17, 15) is 9.59 Å². The average Bonchev–Trinajstić information content (AvgIpc) is 3.34. The van der Waals surface area contributed by atoms with Gasteiger partial charge >= 0.3 is 5.97 Å². The van der Waals surface area contributed by atoms with Crippen molar-refractivity contribution in [2.24, 2.45) is 0 Å². The number of fused-ring (bicyclic) bond motifs is 1. The van der Waals surface area contributed by atoms with Gasteiger partial charge in [0.1, 0.15) is 17.5 Å². The summed E-state index contributed by atoms with van der Waals surface area (Å²) in [6, 6.07) is 11.0. The van der Waals surface area contributed by atoms with Crippen LogP contribution in [0, 0.1) is 0 Å². The molecule has 1 aliphatic heterocycles. The van der Waals surface area contributed by atoms with Gasteiger partial charge in [-0.3, -0.25) is 4.79 Å². The summed E-state index contributed by atoms with van der Waals surface area (Å²) in [5.41, 5.74) is 0.997. The second-order valence-electron chi connectivity index (χ2n) is 6.93. The fourth-order valence-electron chi connectivity index (χ4n) is 3.62. The number of hydrogen-bond donors (Lipinski definition) is 1. The Morgan fingerprint density at radius 3 is 2.30 bits per heavy atom. The number of nitrogens with one attached hydrogen (secondary N) is 1. The number of tetrazole rings is 1. The third-order valence-electron chi connectivity index (χ3n) is 5.23. The lowest BCUT2D eigenvalue weighted by Gasteiger charge is -2.28. The van der Waals surface area contributed by atoms with Gasteiger partial charge in [-0.15, -0.1) is 0 Å². The molecule has 0 unspecified atom stereocenters. The number of rotatable bonds is 7. The van der Waals surface area contributed by atoms with E-state index >= 15 is 0 Å². The standard InChI is InChI=1S/C22H21N5O6/c1-30-14-8-5-12(6-9-14)19-17(18(21(29)33-4)23-22-24-25-26-27(19)22)20(28)13-7-10-15(31-2)16(11-13)32-3/h5-11,19H,1-4H3,(H,23,24,26)/t19-/m0/s1. The average molecular weight is 451 g/mol. The third-order valence-corrected chi connectivity index (χ3v) is 5.23. The molecule has 0 saturated carbocycles. The molecule has 0 amide bonds. The number of anilines is 1. The molecule has 33 heavy (non-hydrogen) atoms. The van der Waals surface area contributed by atoms with Gasteiger partial charge in [0.2, 0.25) is 5.95 Å². The van der Waals surface area contributed by atoms with Crippen LogP contribution in [0.25, 0.3) is 0 Å². The number of benzene rings is 2. The Morgan fingerprint density at radius 2 is 1.67 bits per heavy atom. The Kier molecular flexibility index (Phi) is 5.94. The molecule has 0 fully saturated rings. The lowest BCUT2D eigenvalue weighted by atomic mass is 9.89. The van der Waals surface area contributed by atoms with E-state index in [1.807, 2.05) is 0 Å². The molecule has 170 valence electrons. The highest BCUT2D eigenvalue weighted by Crippen LogP contribution is 2.38. The van der Waals surface area contributed by atoms with E-state index in [1.54, 1.807) is 49.6 Å².